The second kappa shape index (κ2) is 6.94. The summed E-state index contributed by atoms with van der Waals surface area (Å²) in [5, 5.41) is 0. The molecule has 0 saturated heterocycles. The zero-order valence-electron chi connectivity index (χ0n) is 12.6. The molecule has 0 unspecified atom stereocenters. The van der Waals surface area contributed by atoms with Gasteiger partial charge in [0.15, 0.2) is 0 Å². The third-order valence-electron chi connectivity index (χ3n) is 3.32. The van der Waals surface area contributed by atoms with E-state index in [0.717, 1.165) is 12.0 Å². The first-order chi connectivity index (χ1) is 8.91. The Kier molecular flexibility index (Phi) is 5.57. The summed E-state index contributed by atoms with van der Waals surface area (Å²) in [5.74, 6) is 0. The van der Waals surface area contributed by atoms with Crippen LogP contribution in [0.15, 0.2) is 60.7 Å². The normalized spacial score (nSPS) is 12.5. The highest BCUT2D eigenvalue weighted by molar-refractivity contribution is 5.62. The fourth-order valence-corrected chi connectivity index (χ4v) is 1.77. The van der Waals surface area contributed by atoms with Crippen molar-refractivity contribution in [1.29, 1.82) is 0 Å². The summed E-state index contributed by atoms with van der Waals surface area (Å²) in [6, 6.07) is 6.43. The standard InChI is InChI=1S/C11H14.C8H10/c1-8(2)11-6-5-9(3)10(4)7-11;1-7(2)8-5-3-4-6-8/h5-7H,1H2,2-4H3;3-5H,1,6H2,2H3. The van der Waals surface area contributed by atoms with Gasteiger partial charge in [0.25, 0.3) is 0 Å². The van der Waals surface area contributed by atoms with Gasteiger partial charge in [-0.15, -0.1) is 0 Å². The van der Waals surface area contributed by atoms with Crippen molar-refractivity contribution in [1.82, 2.24) is 0 Å². The van der Waals surface area contributed by atoms with Crippen molar-refractivity contribution in [2.75, 3.05) is 0 Å². The van der Waals surface area contributed by atoms with Gasteiger partial charge in [0, 0.05) is 0 Å². The molecule has 0 nitrogen and oxygen atoms in total. The van der Waals surface area contributed by atoms with E-state index in [1.807, 2.05) is 13.8 Å². The van der Waals surface area contributed by atoms with Crippen LogP contribution in [-0.4, -0.2) is 0 Å². The molecule has 100 valence electrons. The van der Waals surface area contributed by atoms with Crippen molar-refractivity contribution in [3.8, 4) is 0 Å². The van der Waals surface area contributed by atoms with Gasteiger partial charge < -0.3 is 0 Å². The van der Waals surface area contributed by atoms with Crippen molar-refractivity contribution in [2.24, 2.45) is 0 Å². The average Bonchev–Trinajstić information content (AvgIpc) is 2.87. The highest BCUT2D eigenvalue weighted by Crippen LogP contribution is 2.17. The second-order valence-corrected chi connectivity index (χ2v) is 5.18. The lowest BCUT2D eigenvalue weighted by Gasteiger charge is -2.03. The van der Waals surface area contributed by atoms with Gasteiger partial charge in [0.2, 0.25) is 0 Å². The predicted molar refractivity (Wildman–Crippen MR) is 87.3 cm³/mol. The van der Waals surface area contributed by atoms with Crippen molar-refractivity contribution in [2.45, 2.75) is 34.1 Å². The van der Waals surface area contributed by atoms with E-state index < -0.39 is 0 Å². The van der Waals surface area contributed by atoms with Gasteiger partial charge in [-0.1, -0.05) is 60.7 Å². The average molecular weight is 252 g/mol. The molecule has 1 aliphatic rings. The van der Waals surface area contributed by atoms with Crippen molar-refractivity contribution in [3.63, 3.8) is 0 Å². The van der Waals surface area contributed by atoms with E-state index in [1.165, 1.54) is 27.8 Å². The van der Waals surface area contributed by atoms with E-state index in [2.05, 4.69) is 63.4 Å². The van der Waals surface area contributed by atoms with Crippen molar-refractivity contribution in [3.05, 3.63) is 77.4 Å². The molecule has 0 heteroatoms. The lowest BCUT2D eigenvalue weighted by atomic mass is 10.0. The molecule has 2 rings (SSSR count). The third kappa shape index (κ3) is 4.75. The Morgan fingerprint density at radius 1 is 1.00 bits per heavy atom. The molecule has 0 amide bonds. The first kappa shape index (κ1) is 15.2. The number of benzene rings is 1. The van der Waals surface area contributed by atoms with E-state index in [0.29, 0.717) is 0 Å². The minimum Gasteiger partial charge on any atom is -0.0958 e. The summed E-state index contributed by atoms with van der Waals surface area (Å²) in [7, 11) is 0. The zero-order chi connectivity index (χ0) is 14.4. The molecule has 0 fully saturated rings. The maximum absolute atomic E-state index is 3.90. The topological polar surface area (TPSA) is 0 Å². The molecule has 1 aliphatic carbocycles. The minimum atomic E-state index is 1.08. The molecule has 0 bridgehead atoms. The van der Waals surface area contributed by atoms with Gasteiger partial charge in [-0.05, 0) is 56.4 Å². The van der Waals surface area contributed by atoms with Gasteiger partial charge >= 0.3 is 0 Å². The van der Waals surface area contributed by atoms with E-state index in [4.69, 9.17) is 0 Å². The lowest BCUT2D eigenvalue weighted by Crippen LogP contribution is -1.83. The molecule has 1 aromatic carbocycles. The molecule has 0 spiro atoms. The Balaban J connectivity index is 0.000000200. The summed E-state index contributed by atoms with van der Waals surface area (Å²) in [4.78, 5) is 0. The van der Waals surface area contributed by atoms with Crippen molar-refractivity contribution >= 4 is 5.57 Å². The molecule has 0 aromatic heterocycles. The van der Waals surface area contributed by atoms with Crippen LogP contribution < -0.4 is 0 Å². The van der Waals surface area contributed by atoms with Gasteiger partial charge in [0.1, 0.15) is 0 Å². The second-order valence-electron chi connectivity index (χ2n) is 5.18. The molecular formula is C19H24. The third-order valence-corrected chi connectivity index (χ3v) is 3.32. The Morgan fingerprint density at radius 2 is 1.68 bits per heavy atom. The van der Waals surface area contributed by atoms with Gasteiger partial charge in [-0.25, -0.2) is 0 Å². The van der Waals surface area contributed by atoms with Gasteiger partial charge in [0.05, 0.1) is 0 Å². The molecule has 0 radical (unpaired) electrons. The molecule has 0 atom stereocenters. The van der Waals surface area contributed by atoms with Crippen LogP contribution in [0.4, 0.5) is 0 Å². The molecule has 0 N–H and O–H groups in total. The fourth-order valence-electron chi connectivity index (χ4n) is 1.77. The fraction of sp³-hybridized carbons (Fsp3) is 0.263. The van der Waals surface area contributed by atoms with Crippen molar-refractivity contribution < 1.29 is 0 Å². The number of allylic oxidation sites excluding steroid dienone is 6. The van der Waals surface area contributed by atoms with Crippen LogP contribution >= 0.6 is 0 Å². The maximum atomic E-state index is 3.90. The smallest absolute Gasteiger partial charge is 0.00919 e. The quantitative estimate of drug-likeness (QED) is 0.625. The zero-order valence-corrected chi connectivity index (χ0v) is 12.6. The Morgan fingerprint density at radius 3 is 2.05 bits per heavy atom. The molecule has 0 saturated carbocycles. The molecule has 1 aromatic rings. The van der Waals surface area contributed by atoms with E-state index in [9.17, 15) is 0 Å². The monoisotopic (exact) mass is 252 g/mol. The molecule has 19 heavy (non-hydrogen) atoms. The molecular weight excluding hydrogens is 228 g/mol. The van der Waals surface area contributed by atoms with Crippen LogP contribution in [0.5, 0.6) is 0 Å². The predicted octanol–water partition coefficient (Wildman–Crippen LogP) is 5.79. The van der Waals surface area contributed by atoms with Gasteiger partial charge in [-0.2, -0.15) is 0 Å². The SMILES string of the molecule is C=C(C)C1=CC=CC1.C=C(C)c1ccc(C)c(C)c1. The highest BCUT2D eigenvalue weighted by Gasteiger charge is 1.97. The number of aryl methyl sites for hydroxylation is 2. The first-order valence-corrected chi connectivity index (χ1v) is 6.66. The maximum Gasteiger partial charge on any atom is -0.00919 e. The first-order valence-electron chi connectivity index (χ1n) is 6.66. The summed E-state index contributed by atoms with van der Waals surface area (Å²) < 4.78 is 0. The summed E-state index contributed by atoms with van der Waals surface area (Å²) in [6.45, 7) is 16.0. The van der Waals surface area contributed by atoms with Crippen LogP contribution in [0.2, 0.25) is 0 Å². The van der Waals surface area contributed by atoms with Crippen LogP contribution in [0, 0.1) is 13.8 Å². The molecule has 0 heterocycles. The number of hydrogen-bond donors (Lipinski definition) is 0. The van der Waals surface area contributed by atoms with Crippen LogP contribution in [0.25, 0.3) is 5.57 Å². The number of rotatable bonds is 2. The highest BCUT2D eigenvalue weighted by atomic mass is 14.0. The van der Waals surface area contributed by atoms with E-state index >= 15 is 0 Å². The Labute approximate surface area is 117 Å². The number of hydrogen-bond acceptors (Lipinski definition) is 0. The largest absolute Gasteiger partial charge is 0.0958 e. The minimum absolute atomic E-state index is 1.08. The molecule has 0 aliphatic heterocycles. The Hall–Kier alpha value is -1.82. The van der Waals surface area contributed by atoms with Crippen LogP contribution in [0.1, 0.15) is 37.0 Å². The van der Waals surface area contributed by atoms with E-state index in [1.54, 1.807) is 0 Å². The summed E-state index contributed by atoms with van der Waals surface area (Å²) in [5.41, 5.74) is 7.61. The van der Waals surface area contributed by atoms with E-state index in [-0.39, 0.29) is 0 Å². The summed E-state index contributed by atoms with van der Waals surface area (Å²) in [6.07, 6.45) is 7.41. The Bertz CT molecular complexity index is 539. The van der Waals surface area contributed by atoms with Crippen LogP contribution in [0.3, 0.4) is 0 Å². The summed E-state index contributed by atoms with van der Waals surface area (Å²) >= 11 is 0. The van der Waals surface area contributed by atoms with Crippen LogP contribution in [-0.2, 0) is 0 Å². The lowest BCUT2D eigenvalue weighted by molar-refractivity contribution is 1.25. The van der Waals surface area contributed by atoms with Gasteiger partial charge in [-0.3, -0.25) is 0 Å².